The first-order chi connectivity index (χ1) is 10.2. The van der Waals surface area contributed by atoms with Crippen LogP contribution < -0.4 is 16.0 Å². The van der Waals surface area contributed by atoms with Crippen LogP contribution in [0.5, 0.6) is 0 Å². The van der Waals surface area contributed by atoms with Crippen LogP contribution in [0.4, 0.5) is 16.2 Å². The molecule has 6 heteroatoms. The molecule has 0 spiro atoms. The molecule has 1 unspecified atom stereocenters. The van der Waals surface area contributed by atoms with E-state index < -0.39 is 0 Å². The Kier molecular flexibility index (Phi) is 2.63. The Labute approximate surface area is 122 Å². The molecule has 0 aliphatic carbocycles. The van der Waals surface area contributed by atoms with Crippen molar-refractivity contribution in [2.45, 2.75) is 6.04 Å². The molecule has 4 rings (SSSR count). The number of urea groups is 1. The Hall–Kier alpha value is -2.50. The van der Waals surface area contributed by atoms with Crippen molar-refractivity contribution in [3.63, 3.8) is 0 Å². The van der Waals surface area contributed by atoms with Crippen LogP contribution in [0, 0.1) is 0 Å². The first-order valence-electron chi connectivity index (χ1n) is 7.15. The van der Waals surface area contributed by atoms with Crippen molar-refractivity contribution >= 4 is 28.2 Å². The Morgan fingerprint density at radius 1 is 1.24 bits per heavy atom. The van der Waals surface area contributed by atoms with Crippen LogP contribution in [-0.2, 0) is 0 Å². The van der Waals surface area contributed by atoms with Crippen molar-refractivity contribution in [3.05, 3.63) is 30.6 Å². The number of amides is 2. The van der Waals surface area contributed by atoms with Crippen LogP contribution in [0.3, 0.4) is 0 Å². The highest BCUT2D eigenvalue weighted by molar-refractivity contribution is 6.00. The minimum absolute atomic E-state index is 0.0588. The summed E-state index contributed by atoms with van der Waals surface area (Å²) < 4.78 is 0. The number of pyridine rings is 1. The monoisotopic (exact) mass is 283 g/mol. The molecule has 2 aromatic rings. The number of hydrogen-bond donors (Lipinski definition) is 2. The van der Waals surface area contributed by atoms with Gasteiger partial charge in [0.15, 0.2) is 0 Å². The number of hydrogen-bond acceptors (Lipinski definition) is 4. The van der Waals surface area contributed by atoms with Crippen LogP contribution in [0.15, 0.2) is 30.6 Å². The molecular weight excluding hydrogens is 266 g/mol. The fraction of sp³-hybridized carbons (Fsp3) is 0.333. The summed E-state index contributed by atoms with van der Waals surface area (Å²) in [4.78, 5) is 20.2. The van der Waals surface area contributed by atoms with Crippen molar-refractivity contribution in [2.24, 2.45) is 0 Å². The summed E-state index contributed by atoms with van der Waals surface area (Å²) in [5.74, 6) is 0. The van der Waals surface area contributed by atoms with Crippen molar-refractivity contribution in [1.29, 1.82) is 0 Å². The van der Waals surface area contributed by atoms with Gasteiger partial charge in [-0.2, -0.15) is 0 Å². The number of nitrogens with two attached hydrogens (primary N) is 1. The van der Waals surface area contributed by atoms with Gasteiger partial charge in [-0.05, 0) is 18.2 Å². The van der Waals surface area contributed by atoms with E-state index in [0.717, 1.165) is 48.3 Å². The summed E-state index contributed by atoms with van der Waals surface area (Å²) in [6.45, 7) is 3.15. The van der Waals surface area contributed by atoms with Gasteiger partial charge in [-0.3, -0.25) is 4.98 Å². The SMILES string of the molecule is Nc1ccc(N2CCN3C(=O)NCC3C2)c2cnccc12. The highest BCUT2D eigenvalue weighted by Crippen LogP contribution is 2.31. The van der Waals surface area contributed by atoms with Gasteiger partial charge in [-0.1, -0.05) is 0 Å². The van der Waals surface area contributed by atoms with E-state index in [4.69, 9.17) is 5.73 Å². The number of benzene rings is 1. The maximum Gasteiger partial charge on any atom is 0.317 e. The maximum atomic E-state index is 11.7. The minimum atomic E-state index is 0.0588. The Morgan fingerprint density at radius 2 is 2.14 bits per heavy atom. The molecule has 2 aliphatic heterocycles. The second-order valence-electron chi connectivity index (χ2n) is 5.57. The maximum absolute atomic E-state index is 11.7. The van der Waals surface area contributed by atoms with Crippen molar-refractivity contribution < 1.29 is 4.79 Å². The van der Waals surface area contributed by atoms with Gasteiger partial charge in [0.25, 0.3) is 0 Å². The number of piperazine rings is 1. The number of aromatic nitrogens is 1. The fourth-order valence-corrected chi connectivity index (χ4v) is 3.30. The molecule has 1 aromatic heterocycles. The lowest BCUT2D eigenvalue weighted by Crippen LogP contribution is -2.52. The third kappa shape index (κ3) is 1.86. The number of fused-ring (bicyclic) bond motifs is 2. The molecule has 0 saturated carbocycles. The van der Waals surface area contributed by atoms with E-state index in [0.29, 0.717) is 0 Å². The van der Waals surface area contributed by atoms with E-state index in [1.54, 1.807) is 6.20 Å². The van der Waals surface area contributed by atoms with E-state index in [2.05, 4.69) is 21.3 Å². The van der Waals surface area contributed by atoms with E-state index in [1.807, 2.05) is 23.2 Å². The van der Waals surface area contributed by atoms with Gasteiger partial charge in [0, 0.05) is 60.7 Å². The summed E-state index contributed by atoms with van der Waals surface area (Å²) in [5, 5.41) is 5.01. The zero-order chi connectivity index (χ0) is 14.4. The summed E-state index contributed by atoms with van der Waals surface area (Å²) in [5.41, 5.74) is 7.96. The summed E-state index contributed by atoms with van der Waals surface area (Å²) in [6.07, 6.45) is 3.63. The summed E-state index contributed by atoms with van der Waals surface area (Å²) >= 11 is 0. The molecule has 2 aliphatic rings. The zero-order valence-corrected chi connectivity index (χ0v) is 11.6. The van der Waals surface area contributed by atoms with Crippen LogP contribution in [0.1, 0.15) is 0 Å². The molecule has 3 heterocycles. The van der Waals surface area contributed by atoms with E-state index >= 15 is 0 Å². The van der Waals surface area contributed by atoms with Crippen LogP contribution in [0.2, 0.25) is 0 Å². The molecule has 1 atom stereocenters. The van der Waals surface area contributed by atoms with Gasteiger partial charge in [0.05, 0.1) is 6.04 Å². The van der Waals surface area contributed by atoms with Gasteiger partial charge in [-0.25, -0.2) is 4.79 Å². The normalized spacial score (nSPS) is 21.5. The van der Waals surface area contributed by atoms with Gasteiger partial charge in [-0.15, -0.1) is 0 Å². The lowest BCUT2D eigenvalue weighted by atomic mass is 10.1. The highest BCUT2D eigenvalue weighted by Gasteiger charge is 2.35. The number of carbonyl (C=O) groups excluding carboxylic acids is 1. The number of anilines is 2. The van der Waals surface area contributed by atoms with Gasteiger partial charge in [0.1, 0.15) is 0 Å². The van der Waals surface area contributed by atoms with Crippen molar-refractivity contribution in [3.8, 4) is 0 Å². The molecule has 2 saturated heterocycles. The van der Waals surface area contributed by atoms with Crippen molar-refractivity contribution in [2.75, 3.05) is 36.8 Å². The highest BCUT2D eigenvalue weighted by atomic mass is 16.2. The molecule has 2 amide bonds. The number of nitrogens with one attached hydrogen (secondary N) is 1. The number of carbonyl (C=O) groups is 1. The number of nitrogens with zero attached hydrogens (tertiary/aromatic N) is 3. The predicted octanol–water partition coefficient (Wildman–Crippen LogP) is 1.03. The van der Waals surface area contributed by atoms with E-state index in [-0.39, 0.29) is 12.1 Å². The fourth-order valence-electron chi connectivity index (χ4n) is 3.30. The summed E-state index contributed by atoms with van der Waals surface area (Å²) in [7, 11) is 0. The van der Waals surface area contributed by atoms with E-state index in [1.165, 1.54) is 0 Å². The Morgan fingerprint density at radius 3 is 3.05 bits per heavy atom. The smallest absolute Gasteiger partial charge is 0.317 e. The lowest BCUT2D eigenvalue weighted by molar-refractivity contribution is 0.198. The Bertz CT molecular complexity index is 716. The molecule has 108 valence electrons. The molecule has 2 fully saturated rings. The molecule has 21 heavy (non-hydrogen) atoms. The molecule has 1 aromatic carbocycles. The Balaban J connectivity index is 1.71. The second-order valence-corrected chi connectivity index (χ2v) is 5.57. The van der Waals surface area contributed by atoms with E-state index in [9.17, 15) is 4.79 Å². The first-order valence-corrected chi connectivity index (χ1v) is 7.15. The minimum Gasteiger partial charge on any atom is -0.398 e. The van der Waals surface area contributed by atoms with Crippen LogP contribution in [-0.4, -0.2) is 48.1 Å². The van der Waals surface area contributed by atoms with Crippen LogP contribution >= 0.6 is 0 Å². The first kappa shape index (κ1) is 12.3. The largest absolute Gasteiger partial charge is 0.398 e. The average molecular weight is 283 g/mol. The van der Waals surface area contributed by atoms with Gasteiger partial charge < -0.3 is 20.9 Å². The third-order valence-corrected chi connectivity index (χ3v) is 4.40. The molecular formula is C15H17N5O. The number of rotatable bonds is 1. The van der Waals surface area contributed by atoms with Crippen LogP contribution in [0.25, 0.3) is 10.8 Å². The topological polar surface area (TPSA) is 74.5 Å². The zero-order valence-electron chi connectivity index (χ0n) is 11.6. The predicted molar refractivity (Wildman–Crippen MR) is 82.3 cm³/mol. The van der Waals surface area contributed by atoms with Crippen molar-refractivity contribution in [1.82, 2.24) is 15.2 Å². The molecule has 0 bridgehead atoms. The standard InChI is InChI=1S/C15H17N5O/c16-13-1-2-14(12-8-17-4-3-11(12)13)19-5-6-20-10(9-19)7-18-15(20)21/h1-4,8,10H,5-7,9,16H2,(H,18,21). The molecule has 3 N–H and O–H groups in total. The summed E-state index contributed by atoms with van der Waals surface area (Å²) in [6, 6.07) is 6.26. The van der Waals surface area contributed by atoms with Gasteiger partial charge >= 0.3 is 6.03 Å². The van der Waals surface area contributed by atoms with Gasteiger partial charge in [0.2, 0.25) is 0 Å². The quantitative estimate of drug-likeness (QED) is 0.767. The average Bonchev–Trinajstić information content (AvgIpc) is 2.89. The number of nitrogen functional groups attached to an aromatic ring is 1. The second kappa shape index (κ2) is 4.51. The molecule has 6 nitrogen and oxygen atoms in total. The molecule has 0 radical (unpaired) electrons. The third-order valence-electron chi connectivity index (χ3n) is 4.40. The lowest BCUT2D eigenvalue weighted by Gasteiger charge is -2.38.